The molecule has 0 saturated carbocycles. The lowest BCUT2D eigenvalue weighted by Gasteiger charge is -2.32. The molecular weight excluding hydrogens is 502 g/mol. The van der Waals surface area contributed by atoms with Gasteiger partial charge in [0.05, 0.1) is 17.7 Å². The van der Waals surface area contributed by atoms with Gasteiger partial charge in [-0.25, -0.2) is 8.42 Å². The van der Waals surface area contributed by atoms with E-state index < -0.39 is 28.5 Å². The maximum Gasteiger partial charge on any atom is 0.264 e. The highest BCUT2D eigenvalue weighted by atomic mass is 32.2. The van der Waals surface area contributed by atoms with Crippen LogP contribution in [0.5, 0.6) is 5.75 Å². The number of carbonyl (C=O) groups excluding carboxylic acids is 2. The van der Waals surface area contributed by atoms with Crippen LogP contribution in [0.3, 0.4) is 0 Å². The molecule has 202 valence electrons. The molecule has 2 amide bonds. The monoisotopic (exact) mass is 537 g/mol. The van der Waals surface area contributed by atoms with Gasteiger partial charge in [-0.1, -0.05) is 42.0 Å². The molecule has 9 heteroatoms. The van der Waals surface area contributed by atoms with E-state index in [1.54, 1.807) is 62.6 Å². The molecule has 0 radical (unpaired) electrons. The van der Waals surface area contributed by atoms with Gasteiger partial charge in [0.1, 0.15) is 18.3 Å². The zero-order valence-electron chi connectivity index (χ0n) is 22.7. The Bertz CT molecular complexity index is 1390. The molecule has 3 rings (SSSR count). The van der Waals surface area contributed by atoms with Crippen molar-refractivity contribution in [3.05, 3.63) is 89.0 Å². The molecule has 0 aliphatic rings. The van der Waals surface area contributed by atoms with Crippen molar-refractivity contribution in [3.63, 3.8) is 0 Å². The van der Waals surface area contributed by atoms with Crippen LogP contribution < -0.4 is 14.4 Å². The van der Waals surface area contributed by atoms with Crippen molar-refractivity contribution in [1.29, 1.82) is 0 Å². The Labute approximate surface area is 225 Å². The Balaban J connectivity index is 2.06. The van der Waals surface area contributed by atoms with Gasteiger partial charge in [-0.3, -0.25) is 13.9 Å². The minimum Gasteiger partial charge on any atom is -0.497 e. The summed E-state index contributed by atoms with van der Waals surface area (Å²) in [5.41, 5.74) is 3.75. The number of carbonyl (C=O) groups is 2. The summed E-state index contributed by atoms with van der Waals surface area (Å²) in [6, 6.07) is 18.2. The van der Waals surface area contributed by atoms with Crippen molar-refractivity contribution in [1.82, 2.24) is 10.2 Å². The zero-order chi connectivity index (χ0) is 28.0. The molecule has 0 saturated heterocycles. The standard InChI is InChI=1S/C29H35N3O5S/c1-20-10-16-26(17-11-20)38(35,36)32(27-9-7-8-21(2)22(27)3)19-28(33)31(23(4)29(34)30-5)18-24-12-14-25(37-6)15-13-24/h7-17,23H,18-19H2,1-6H3,(H,30,34)/t23-/m0/s1. The molecule has 0 heterocycles. The van der Waals surface area contributed by atoms with Gasteiger partial charge in [-0.2, -0.15) is 0 Å². The number of benzene rings is 3. The lowest BCUT2D eigenvalue weighted by Crippen LogP contribution is -2.50. The smallest absolute Gasteiger partial charge is 0.264 e. The van der Waals surface area contributed by atoms with Crippen molar-refractivity contribution in [2.75, 3.05) is 25.0 Å². The third-order valence-corrected chi connectivity index (χ3v) is 8.43. The van der Waals surface area contributed by atoms with E-state index in [2.05, 4.69) is 5.32 Å². The summed E-state index contributed by atoms with van der Waals surface area (Å²) in [5, 5.41) is 2.58. The summed E-state index contributed by atoms with van der Waals surface area (Å²) in [7, 11) is -1.04. The second kappa shape index (κ2) is 12.1. The molecule has 0 spiro atoms. The highest BCUT2D eigenvalue weighted by molar-refractivity contribution is 7.92. The Kier molecular flexibility index (Phi) is 9.17. The van der Waals surface area contributed by atoms with Crippen LogP contribution in [0.4, 0.5) is 5.69 Å². The Hall–Kier alpha value is -3.85. The molecule has 0 bridgehead atoms. The van der Waals surface area contributed by atoms with Crippen LogP contribution in [-0.2, 0) is 26.2 Å². The minimum atomic E-state index is -4.10. The van der Waals surface area contributed by atoms with Gasteiger partial charge in [0.2, 0.25) is 11.8 Å². The quantitative estimate of drug-likeness (QED) is 0.422. The van der Waals surface area contributed by atoms with Gasteiger partial charge >= 0.3 is 0 Å². The van der Waals surface area contributed by atoms with E-state index in [4.69, 9.17) is 4.74 Å². The fraction of sp³-hybridized carbons (Fsp3) is 0.310. The number of nitrogens with one attached hydrogen (secondary N) is 1. The fourth-order valence-corrected chi connectivity index (χ4v) is 5.55. The largest absolute Gasteiger partial charge is 0.497 e. The van der Waals surface area contributed by atoms with Crippen LogP contribution in [0.1, 0.15) is 29.2 Å². The summed E-state index contributed by atoms with van der Waals surface area (Å²) in [5.74, 6) is -0.198. The highest BCUT2D eigenvalue weighted by Crippen LogP contribution is 2.29. The second-order valence-corrected chi connectivity index (χ2v) is 11.1. The van der Waals surface area contributed by atoms with Gasteiger partial charge in [0, 0.05) is 13.6 Å². The SMILES string of the molecule is CNC(=O)[C@H](C)N(Cc1ccc(OC)cc1)C(=O)CN(c1cccc(C)c1C)S(=O)(=O)c1ccc(C)cc1. The maximum atomic E-state index is 13.9. The molecule has 1 atom stereocenters. The van der Waals surface area contributed by atoms with Crippen LogP contribution in [-0.4, -0.2) is 51.9 Å². The highest BCUT2D eigenvalue weighted by Gasteiger charge is 2.33. The average Bonchev–Trinajstić information content (AvgIpc) is 2.91. The molecule has 3 aromatic carbocycles. The molecule has 0 fully saturated rings. The number of rotatable bonds is 10. The van der Waals surface area contributed by atoms with E-state index >= 15 is 0 Å². The van der Waals surface area contributed by atoms with Gasteiger partial charge in [-0.15, -0.1) is 0 Å². The molecule has 38 heavy (non-hydrogen) atoms. The summed E-state index contributed by atoms with van der Waals surface area (Å²) in [6.07, 6.45) is 0. The molecule has 0 aromatic heterocycles. The molecule has 0 unspecified atom stereocenters. The molecular formula is C29H35N3O5S. The topological polar surface area (TPSA) is 96.0 Å². The first-order valence-corrected chi connectivity index (χ1v) is 13.7. The number of amides is 2. The number of anilines is 1. The fourth-order valence-electron chi connectivity index (χ4n) is 4.08. The van der Waals surface area contributed by atoms with E-state index in [1.165, 1.54) is 24.1 Å². The summed E-state index contributed by atoms with van der Waals surface area (Å²) < 4.78 is 34.2. The van der Waals surface area contributed by atoms with Gasteiger partial charge in [-0.05, 0) is 74.7 Å². The van der Waals surface area contributed by atoms with Crippen LogP contribution in [0, 0.1) is 20.8 Å². The van der Waals surface area contributed by atoms with E-state index in [0.717, 1.165) is 26.6 Å². The van der Waals surface area contributed by atoms with Crippen molar-refractivity contribution in [3.8, 4) is 5.75 Å². The first kappa shape index (κ1) is 28.7. The molecule has 0 aliphatic heterocycles. The molecule has 8 nitrogen and oxygen atoms in total. The lowest BCUT2D eigenvalue weighted by atomic mass is 10.1. The Morgan fingerprint density at radius 1 is 0.947 bits per heavy atom. The lowest BCUT2D eigenvalue weighted by molar-refractivity contribution is -0.139. The van der Waals surface area contributed by atoms with Gasteiger partial charge in [0.25, 0.3) is 10.0 Å². The predicted octanol–water partition coefficient (Wildman–Crippen LogP) is 3.98. The first-order chi connectivity index (χ1) is 18.0. The van der Waals surface area contributed by atoms with Crippen LogP contribution in [0.25, 0.3) is 0 Å². The molecule has 1 N–H and O–H groups in total. The Morgan fingerprint density at radius 2 is 1.58 bits per heavy atom. The predicted molar refractivity (Wildman–Crippen MR) is 149 cm³/mol. The van der Waals surface area contributed by atoms with E-state index in [0.29, 0.717) is 11.4 Å². The van der Waals surface area contributed by atoms with Crippen molar-refractivity contribution < 1.29 is 22.7 Å². The van der Waals surface area contributed by atoms with E-state index in [9.17, 15) is 18.0 Å². The molecule has 3 aromatic rings. The Morgan fingerprint density at radius 3 is 2.16 bits per heavy atom. The van der Waals surface area contributed by atoms with Crippen molar-refractivity contribution in [2.45, 2.75) is 45.2 Å². The number of likely N-dealkylation sites (N-methyl/N-ethyl adjacent to an activating group) is 1. The van der Waals surface area contributed by atoms with Crippen molar-refractivity contribution in [2.24, 2.45) is 0 Å². The minimum absolute atomic E-state index is 0.0814. The first-order valence-electron chi connectivity index (χ1n) is 12.3. The van der Waals surface area contributed by atoms with Gasteiger partial charge < -0.3 is 15.0 Å². The number of nitrogens with zero attached hydrogens (tertiary/aromatic N) is 2. The summed E-state index contributed by atoms with van der Waals surface area (Å²) in [6.45, 7) is 6.85. The third-order valence-electron chi connectivity index (χ3n) is 6.66. The van der Waals surface area contributed by atoms with Crippen molar-refractivity contribution >= 4 is 27.5 Å². The van der Waals surface area contributed by atoms with E-state index in [1.807, 2.05) is 26.8 Å². The number of ether oxygens (including phenoxy) is 1. The summed E-state index contributed by atoms with van der Waals surface area (Å²) in [4.78, 5) is 27.9. The molecule has 0 aliphatic carbocycles. The zero-order valence-corrected chi connectivity index (χ0v) is 23.5. The maximum absolute atomic E-state index is 13.9. The number of aryl methyl sites for hydroxylation is 2. The van der Waals surface area contributed by atoms with Crippen LogP contribution in [0.2, 0.25) is 0 Å². The number of sulfonamides is 1. The number of hydrogen-bond acceptors (Lipinski definition) is 5. The van der Waals surface area contributed by atoms with Crippen LogP contribution in [0.15, 0.2) is 71.6 Å². The van der Waals surface area contributed by atoms with Crippen LogP contribution >= 0.6 is 0 Å². The number of hydrogen-bond donors (Lipinski definition) is 1. The van der Waals surface area contributed by atoms with E-state index in [-0.39, 0.29) is 17.3 Å². The normalized spacial score (nSPS) is 11.9. The van der Waals surface area contributed by atoms with Gasteiger partial charge in [0.15, 0.2) is 0 Å². The summed E-state index contributed by atoms with van der Waals surface area (Å²) >= 11 is 0. The second-order valence-electron chi connectivity index (χ2n) is 9.20. The third kappa shape index (κ3) is 6.34. The average molecular weight is 538 g/mol. The number of methoxy groups -OCH3 is 1.